The van der Waals surface area contributed by atoms with Crippen molar-refractivity contribution in [3.8, 4) is 0 Å². The van der Waals surface area contributed by atoms with E-state index in [0.29, 0.717) is 6.54 Å². The monoisotopic (exact) mass is 227 g/mol. The van der Waals surface area contributed by atoms with E-state index >= 15 is 0 Å². The van der Waals surface area contributed by atoms with Crippen LogP contribution in [0.1, 0.15) is 19.4 Å². The minimum atomic E-state index is -3.15. The molecular weight excluding hydrogens is 210 g/mol. The van der Waals surface area contributed by atoms with Gasteiger partial charge in [0.1, 0.15) is 0 Å². The zero-order valence-electron chi connectivity index (χ0n) is 9.40. The number of nitrogens with zero attached hydrogens (tertiary/aromatic N) is 1. The van der Waals surface area contributed by atoms with Crippen LogP contribution < -0.4 is 4.31 Å². The van der Waals surface area contributed by atoms with Crippen LogP contribution in [-0.4, -0.2) is 20.7 Å². The highest BCUT2D eigenvalue weighted by Gasteiger charge is 2.18. The van der Waals surface area contributed by atoms with Crippen LogP contribution in [0, 0.1) is 6.92 Å². The van der Waals surface area contributed by atoms with Gasteiger partial charge in [0, 0.05) is 6.54 Å². The van der Waals surface area contributed by atoms with Crippen LogP contribution in [0.5, 0.6) is 0 Å². The van der Waals surface area contributed by atoms with Crippen LogP contribution in [0.25, 0.3) is 0 Å². The third-order valence-electron chi connectivity index (χ3n) is 2.28. The summed E-state index contributed by atoms with van der Waals surface area (Å²) in [6.45, 7) is 5.93. The SMILES string of the molecule is CCN(c1cccc(C)c1)S(=O)(=O)CC. The maximum Gasteiger partial charge on any atom is 0.234 e. The minimum Gasteiger partial charge on any atom is -0.271 e. The van der Waals surface area contributed by atoms with E-state index in [0.717, 1.165) is 11.3 Å². The Hall–Kier alpha value is -1.03. The van der Waals surface area contributed by atoms with Gasteiger partial charge in [-0.2, -0.15) is 0 Å². The number of benzene rings is 1. The molecule has 1 aromatic carbocycles. The molecule has 0 heterocycles. The van der Waals surface area contributed by atoms with Gasteiger partial charge in [-0.3, -0.25) is 4.31 Å². The van der Waals surface area contributed by atoms with Crippen LogP contribution in [0.3, 0.4) is 0 Å². The zero-order valence-corrected chi connectivity index (χ0v) is 10.2. The van der Waals surface area contributed by atoms with Crippen LogP contribution in [-0.2, 0) is 10.0 Å². The van der Waals surface area contributed by atoms with Gasteiger partial charge >= 0.3 is 0 Å². The molecule has 84 valence electrons. The van der Waals surface area contributed by atoms with Gasteiger partial charge in [-0.1, -0.05) is 12.1 Å². The minimum absolute atomic E-state index is 0.134. The van der Waals surface area contributed by atoms with Gasteiger partial charge in [-0.05, 0) is 38.5 Å². The first kappa shape index (κ1) is 12.0. The second kappa shape index (κ2) is 4.66. The van der Waals surface area contributed by atoms with Crippen molar-refractivity contribution in [2.45, 2.75) is 20.8 Å². The lowest BCUT2D eigenvalue weighted by Crippen LogP contribution is -2.32. The van der Waals surface area contributed by atoms with Crippen LogP contribution in [0.15, 0.2) is 24.3 Å². The van der Waals surface area contributed by atoms with Gasteiger partial charge in [0.15, 0.2) is 0 Å². The highest BCUT2D eigenvalue weighted by Crippen LogP contribution is 2.19. The molecule has 0 aliphatic rings. The molecule has 0 bridgehead atoms. The van der Waals surface area contributed by atoms with Crippen molar-refractivity contribution in [1.82, 2.24) is 0 Å². The summed E-state index contributed by atoms with van der Waals surface area (Å²) < 4.78 is 25.0. The van der Waals surface area contributed by atoms with E-state index in [1.54, 1.807) is 6.92 Å². The molecule has 0 spiro atoms. The highest BCUT2D eigenvalue weighted by atomic mass is 32.2. The Labute approximate surface area is 91.8 Å². The molecule has 0 radical (unpaired) electrons. The number of hydrogen-bond acceptors (Lipinski definition) is 2. The molecule has 0 aromatic heterocycles. The van der Waals surface area contributed by atoms with Crippen molar-refractivity contribution in [1.29, 1.82) is 0 Å². The van der Waals surface area contributed by atoms with E-state index in [-0.39, 0.29) is 5.75 Å². The van der Waals surface area contributed by atoms with Crippen molar-refractivity contribution in [2.24, 2.45) is 0 Å². The van der Waals surface area contributed by atoms with Gasteiger partial charge in [0.2, 0.25) is 10.0 Å². The number of hydrogen-bond donors (Lipinski definition) is 0. The molecule has 0 amide bonds. The van der Waals surface area contributed by atoms with Crippen molar-refractivity contribution in [3.63, 3.8) is 0 Å². The summed E-state index contributed by atoms with van der Waals surface area (Å²) in [5.74, 6) is 0.134. The van der Waals surface area contributed by atoms with Crippen molar-refractivity contribution in [2.75, 3.05) is 16.6 Å². The molecule has 0 saturated heterocycles. The Morgan fingerprint density at radius 2 is 1.93 bits per heavy atom. The van der Waals surface area contributed by atoms with Crippen LogP contribution in [0.4, 0.5) is 5.69 Å². The van der Waals surface area contributed by atoms with E-state index in [1.807, 2.05) is 38.1 Å². The Morgan fingerprint density at radius 1 is 1.27 bits per heavy atom. The van der Waals surface area contributed by atoms with Crippen molar-refractivity contribution >= 4 is 15.7 Å². The average molecular weight is 227 g/mol. The van der Waals surface area contributed by atoms with Gasteiger partial charge in [-0.25, -0.2) is 8.42 Å². The molecular formula is C11H17NO2S. The summed E-state index contributed by atoms with van der Waals surface area (Å²) in [5, 5.41) is 0. The second-order valence-corrected chi connectivity index (χ2v) is 5.59. The maximum absolute atomic E-state index is 11.8. The quantitative estimate of drug-likeness (QED) is 0.790. The smallest absolute Gasteiger partial charge is 0.234 e. The molecule has 1 rings (SSSR count). The number of anilines is 1. The summed E-state index contributed by atoms with van der Waals surface area (Å²) in [4.78, 5) is 0. The predicted molar refractivity (Wildman–Crippen MR) is 63.7 cm³/mol. The number of sulfonamides is 1. The van der Waals surface area contributed by atoms with E-state index in [4.69, 9.17) is 0 Å². The second-order valence-electron chi connectivity index (χ2n) is 3.40. The summed E-state index contributed by atoms with van der Waals surface area (Å²) in [6.07, 6.45) is 0. The fourth-order valence-electron chi connectivity index (χ4n) is 1.48. The summed E-state index contributed by atoms with van der Waals surface area (Å²) in [5.41, 5.74) is 1.82. The molecule has 0 N–H and O–H groups in total. The Balaban J connectivity index is 3.14. The normalized spacial score (nSPS) is 11.4. The van der Waals surface area contributed by atoms with Gasteiger partial charge in [-0.15, -0.1) is 0 Å². The predicted octanol–water partition coefficient (Wildman–Crippen LogP) is 2.17. The first-order valence-corrected chi connectivity index (χ1v) is 6.69. The van der Waals surface area contributed by atoms with Gasteiger partial charge < -0.3 is 0 Å². The highest BCUT2D eigenvalue weighted by molar-refractivity contribution is 7.92. The molecule has 0 fully saturated rings. The van der Waals surface area contributed by atoms with Gasteiger partial charge in [0.25, 0.3) is 0 Å². The van der Waals surface area contributed by atoms with E-state index in [2.05, 4.69) is 0 Å². The first-order valence-electron chi connectivity index (χ1n) is 5.08. The Morgan fingerprint density at radius 3 is 2.40 bits per heavy atom. The summed E-state index contributed by atoms with van der Waals surface area (Å²) in [6, 6.07) is 7.54. The molecule has 1 aromatic rings. The maximum atomic E-state index is 11.8. The van der Waals surface area contributed by atoms with Gasteiger partial charge in [0.05, 0.1) is 11.4 Å². The summed E-state index contributed by atoms with van der Waals surface area (Å²) >= 11 is 0. The lowest BCUT2D eigenvalue weighted by atomic mass is 10.2. The Kier molecular flexibility index (Phi) is 3.74. The van der Waals surface area contributed by atoms with Crippen LogP contribution in [0.2, 0.25) is 0 Å². The summed E-state index contributed by atoms with van der Waals surface area (Å²) in [7, 11) is -3.15. The molecule has 0 aliphatic carbocycles. The largest absolute Gasteiger partial charge is 0.271 e. The molecule has 4 heteroatoms. The van der Waals surface area contributed by atoms with E-state index in [1.165, 1.54) is 4.31 Å². The molecule has 3 nitrogen and oxygen atoms in total. The third kappa shape index (κ3) is 2.72. The number of aryl methyl sites for hydroxylation is 1. The molecule has 15 heavy (non-hydrogen) atoms. The van der Waals surface area contributed by atoms with Crippen molar-refractivity contribution in [3.05, 3.63) is 29.8 Å². The Bertz CT molecular complexity index is 426. The van der Waals surface area contributed by atoms with Crippen LogP contribution >= 0.6 is 0 Å². The van der Waals surface area contributed by atoms with E-state index < -0.39 is 10.0 Å². The molecule has 0 atom stereocenters. The first-order chi connectivity index (χ1) is 7.01. The fraction of sp³-hybridized carbons (Fsp3) is 0.455. The zero-order chi connectivity index (χ0) is 11.5. The lowest BCUT2D eigenvalue weighted by molar-refractivity contribution is 0.593. The average Bonchev–Trinajstić information content (AvgIpc) is 2.18. The standard InChI is InChI=1S/C11H17NO2S/c1-4-12(15(13,14)5-2)11-8-6-7-10(3)9-11/h6-9H,4-5H2,1-3H3. The number of rotatable bonds is 4. The molecule has 0 unspecified atom stereocenters. The topological polar surface area (TPSA) is 37.4 Å². The lowest BCUT2D eigenvalue weighted by Gasteiger charge is -2.22. The molecule has 0 saturated carbocycles. The fourth-order valence-corrected chi connectivity index (χ4v) is 2.62. The third-order valence-corrected chi connectivity index (χ3v) is 4.15. The molecule has 0 aliphatic heterocycles. The van der Waals surface area contributed by atoms with Crippen molar-refractivity contribution < 1.29 is 8.42 Å². The van der Waals surface area contributed by atoms with E-state index in [9.17, 15) is 8.42 Å².